The molecule has 1 amide bonds. The van der Waals surface area contributed by atoms with Crippen molar-refractivity contribution in [3.8, 4) is 16.8 Å². The van der Waals surface area contributed by atoms with Gasteiger partial charge in [0.1, 0.15) is 16.9 Å². The maximum Gasteiger partial charge on any atom is 0.339 e. The molecule has 1 spiro atoms. The number of piperidine rings is 1. The molecule has 7 rings (SSSR count). The van der Waals surface area contributed by atoms with Crippen LogP contribution in [0.5, 0.6) is 0 Å². The van der Waals surface area contributed by atoms with Gasteiger partial charge in [0.05, 0.1) is 31.4 Å². The molecule has 12 heteroatoms. The predicted molar refractivity (Wildman–Crippen MR) is 192 cm³/mol. The van der Waals surface area contributed by atoms with Gasteiger partial charge < -0.3 is 20.3 Å². The highest BCUT2D eigenvalue weighted by atomic mass is 35.5. The Labute approximate surface area is 294 Å². The van der Waals surface area contributed by atoms with Gasteiger partial charge in [-0.05, 0) is 69.5 Å². The highest BCUT2D eigenvalue weighted by Crippen LogP contribution is 2.44. The first-order valence-corrected chi connectivity index (χ1v) is 17.6. The zero-order valence-corrected chi connectivity index (χ0v) is 29.6. The molecule has 2 aromatic carbocycles. The van der Waals surface area contributed by atoms with E-state index >= 15 is 0 Å². The third kappa shape index (κ3) is 6.03. The van der Waals surface area contributed by atoms with Crippen molar-refractivity contribution in [3.63, 3.8) is 0 Å². The summed E-state index contributed by atoms with van der Waals surface area (Å²) in [5, 5.41) is 10.7. The number of carbonyl (C=O) groups excluding carboxylic acids is 2. The van der Waals surface area contributed by atoms with E-state index in [1.165, 1.54) is 12.0 Å². The van der Waals surface area contributed by atoms with Crippen molar-refractivity contribution in [3.05, 3.63) is 91.8 Å². The van der Waals surface area contributed by atoms with Gasteiger partial charge in [0, 0.05) is 63.9 Å². The van der Waals surface area contributed by atoms with Gasteiger partial charge in [0.15, 0.2) is 5.82 Å². The molecular weight excluding hydrogens is 658 g/mol. The number of aryl methyl sites for hydroxylation is 2. The van der Waals surface area contributed by atoms with Gasteiger partial charge in [-0.25, -0.2) is 4.79 Å². The van der Waals surface area contributed by atoms with Crippen LogP contribution in [0.15, 0.2) is 47.5 Å². The van der Waals surface area contributed by atoms with Gasteiger partial charge in [-0.1, -0.05) is 35.6 Å². The number of methoxy groups -OCH3 is 1. The number of anilines is 1. The van der Waals surface area contributed by atoms with Gasteiger partial charge >= 0.3 is 5.97 Å². The minimum atomic E-state index is -0.488. The Hall–Kier alpha value is -4.50. The van der Waals surface area contributed by atoms with Crippen LogP contribution in [0.1, 0.15) is 74.4 Å². The van der Waals surface area contributed by atoms with Crippen molar-refractivity contribution in [1.82, 2.24) is 19.7 Å². The molecule has 0 unspecified atom stereocenters. The number of nitrogens with two attached hydrogens (primary N) is 1. The van der Waals surface area contributed by atoms with E-state index in [9.17, 15) is 9.59 Å². The highest BCUT2D eigenvalue weighted by molar-refractivity contribution is 7.15. The molecule has 10 nitrogen and oxygen atoms in total. The smallest absolute Gasteiger partial charge is 0.339 e. The molecule has 2 N–H and O–H groups in total. The molecule has 3 aliphatic rings. The van der Waals surface area contributed by atoms with Crippen LogP contribution in [0.2, 0.25) is 5.02 Å². The molecule has 5 heterocycles. The number of thiophene rings is 1. The number of ether oxygens (including phenoxy) is 1. The van der Waals surface area contributed by atoms with Crippen LogP contribution in [-0.2, 0) is 9.53 Å². The maximum absolute atomic E-state index is 14.0. The Kier molecular flexibility index (Phi) is 8.82. The van der Waals surface area contributed by atoms with E-state index in [4.69, 9.17) is 27.1 Å². The van der Waals surface area contributed by atoms with Gasteiger partial charge in [-0.3, -0.25) is 14.4 Å². The lowest BCUT2D eigenvalue weighted by atomic mass is 9.71. The van der Waals surface area contributed by atoms with Gasteiger partial charge in [0.25, 0.3) is 0 Å². The molecule has 2 saturated heterocycles. The number of halogens is 1. The second kappa shape index (κ2) is 13.1. The Morgan fingerprint density at radius 1 is 1.08 bits per heavy atom. The molecule has 252 valence electrons. The summed E-state index contributed by atoms with van der Waals surface area (Å²) in [5.41, 5.74) is 11.8. The number of rotatable bonds is 5. The van der Waals surface area contributed by atoms with Crippen molar-refractivity contribution in [2.24, 2.45) is 16.1 Å². The summed E-state index contributed by atoms with van der Waals surface area (Å²) >= 11 is 7.96. The lowest BCUT2D eigenvalue weighted by Gasteiger charge is -2.55. The molecule has 2 fully saturated rings. The van der Waals surface area contributed by atoms with Crippen LogP contribution in [0.3, 0.4) is 0 Å². The molecule has 0 radical (unpaired) electrons. The molecule has 2 aromatic heterocycles. The lowest BCUT2D eigenvalue weighted by molar-refractivity contribution is -0.134. The fourth-order valence-electron chi connectivity index (χ4n) is 7.19. The molecule has 0 saturated carbocycles. The standard InChI is InChI=1S/C37H38ClN7O3S/c1-22-23(2)49-35-32(22)33(25-7-9-27(38)10-8-25)40-30(34-42-41-24(3)45(34)35)19-31(46)43-16-13-37(14-17-43)20-44(21-37)28-11-12-29(36(47)48-4)26(18-28)6-5-15-39/h7-12,18,30H,13-17,19-21,39H2,1-4H3/t30-/m0/s1. The van der Waals surface area contributed by atoms with E-state index in [1.54, 1.807) is 17.4 Å². The number of fused-ring (bicyclic) bond motifs is 3. The van der Waals surface area contributed by atoms with E-state index in [-0.39, 0.29) is 24.3 Å². The first kappa shape index (κ1) is 33.0. The summed E-state index contributed by atoms with van der Waals surface area (Å²) in [6.07, 6.45) is 2.05. The summed E-state index contributed by atoms with van der Waals surface area (Å²) < 4.78 is 7.02. The molecule has 0 bridgehead atoms. The first-order chi connectivity index (χ1) is 23.6. The van der Waals surface area contributed by atoms with E-state index in [2.05, 4.69) is 45.4 Å². The number of carbonyl (C=O) groups is 2. The number of hydrogen-bond donors (Lipinski definition) is 1. The molecule has 0 aliphatic carbocycles. The first-order valence-electron chi connectivity index (χ1n) is 16.4. The topological polar surface area (TPSA) is 119 Å². The van der Waals surface area contributed by atoms with Gasteiger partial charge in [-0.15, -0.1) is 21.5 Å². The summed E-state index contributed by atoms with van der Waals surface area (Å²) in [6.45, 7) is 9.56. The van der Waals surface area contributed by atoms with E-state index in [1.807, 2.05) is 48.2 Å². The Balaban J connectivity index is 1.08. The quantitative estimate of drug-likeness (QED) is 0.219. The number of benzene rings is 2. The summed E-state index contributed by atoms with van der Waals surface area (Å²) in [5.74, 6) is 6.98. The second-order valence-electron chi connectivity index (χ2n) is 13.1. The molecule has 1 atom stereocenters. The van der Waals surface area contributed by atoms with Gasteiger partial charge in [-0.2, -0.15) is 0 Å². The normalized spacial score (nSPS) is 17.7. The van der Waals surface area contributed by atoms with Crippen LogP contribution in [-0.4, -0.2) is 77.1 Å². The fourth-order valence-corrected chi connectivity index (χ4v) is 8.53. The molecule has 3 aliphatic heterocycles. The summed E-state index contributed by atoms with van der Waals surface area (Å²) in [7, 11) is 1.36. The number of likely N-dealkylation sites (tertiary alicyclic amines) is 1. The minimum absolute atomic E-state index is 0.0714. The molecule has 49 heavy (non-hydrogen) atoms. The zero-order valence-electron chi connectivity index (χ0n) is 28.0. The van der Waals surface area contributed by atoms with E-state index < -0.39 is 12.0 Å². The summed E-state index contributed by atoms with van der Waals surface area (Å²) in [4.78, 5) is 37.0. The number of hydrogen-bond acceptors (Lipinski definition) is 9. The van der Waals surface area contributed by atoms with Crippen LogP contribution in [0.25, 0.3) is 5.00 Å². The number of aliphatic imine (C=N–C) groups is 1. The SMILES string of the molecule is COC(=O)c1ccc(N2CC3(CCN(C(=O)C[C@@H]4N=C(c5ccc(Cl)cc5)c5c(sc(C)c5C)-n5c(C)nnc54)CC3)C2)cc1C#CCN. The van der Waals surface area contributed by atoms with Crippen molar-refractivity contribution in [1.29, 1.82) is 0 Å². The van der Waals surface area contributed by atoms with Crippen LogP contribution < -0.4 is 10.6 Å². The van der Waals surface area contributed by atoms with Crippen LogP contribution >= 0.6 is 22.9 Å². The average molecular weight is 696 g/mol. The number of aromatic nitrogens is 3. The van der Waals surface area contributed by atoms with Crippen molar-refractivity contribution < 1.29 is 14.3 Å². The van der Waals surface area contributed by atoms with E-state index in [0.29, 0.717) is 35.1 Å². The molecule has 4 aromatic rings. The van der Waals surface area contributed by atoms with Gasteiger partial charge in [0.2, 0.25) is 5.91 Å². The Morgan fingerprint density at radius 3 is 2.51 bits per heavy atom. The van der Waals surface area contributed by atoms with Crippen LogP contribution in [0.4, 0.5) is 5.69 Å². The summed E-state index contributed by atoms with van der Waals surface area (Å²) in [6, 6.07) is 12.9. The number of amides is 1. The zero-order chi connectivity index (χ0) is 34.4. The average Bonchev–Trinajstić information content (AvgIpc) is 3.57. The fraction of sp³-hybridized carbons (Fsp3) is 0.378. The van der Waals surface area contributed by atoms with Crippen LogP contribution in [0, 0.1) is 38.0 Å². The van der Waals surface area contributed by atoms with Crippen molar-refractivity contribution >= 4 is 46.2 Å². The third-order valence-electron chi connectivity index (χ3n) is 10.1. The lowest BCUT2D eigenvalue weighted by Crippen LogP contribution is -2.61. The Bertz CT molecular complexity index is 2040. The number of esters is 1. The number of nitrogens with zero attached hydrogens (tertiary/aromatic N) is 6. The Morgan fingerprint density at radius 2 is 1.82 bits per heavy atom. The predicted octanol–water partition coefficient (Wildman–Crippen LogP) is 5.42. The van der Waals surface area contributed by atoms with Crippen molar-refractivity contribution in [2.75, 3.05) is 44.7 Å². The largest absolute Gasteiger partial charge is 0.465 e. The third-order valence-corrected chi connectivity index (χ3v) is 11.5. The van der Waals surface area contributed by atoms with Crippen molar-refractivity contribution in [2.45, 2.75) is 46.1 Å². The molecular formula is C37H38ClN7O3S. The monoisotopic (exact) mass is 695 g/mol. The minimum Gasteiger partial charge on any atom is -0.465 e. The van der Waals surface area contributed by atoms with E-state index in [0.717, 1.165) is 64.8 Å². The second-order valence-corrected chi connectivity index (χ2v) is 14.7. The highest BCUT2D eigenvalue weighted by Gasteiger charge is 2.46. The maximum atomic E-state index is 14.0.